The van der Waals surface area contributed by atoms with Gasteiger partial charge >= 0.3 is 6.09 Å². The van der Waals surface area contributed by atoms with E-state index in [2.05, 4.69) is 15.5 Å². The first-order chi connectivity index (χ1) is 14.8. The Morgan fingerprint density at radius 2 is 2.06 bits per heavy atom. The van der Waals surface area contributed by atoms with Gasteiger partial charge in [-0.2, -0.15) is 0 Å². The van der Waals surface area contributed by atoms with Crippen molar-refractivity contribution in [3.8, 4) is 16.9 Å². The van der Waals surface area contributed by atoms with E-state index in [4.69, 9.17) is 20.9 Å². The third-order valence-electron chi connectivity index (χ3n) is 4.61. The third kappa shape index (κ3) is 4.77. The van der Waals surface area contributed by atoms with Crippen LogP contribution < -0.4 is 15.0 Å². The number of carbonyl (C=O) groups is 2. The molecule has 9 nitrogen and oxygen atoms in total. The summed E-state index contributed by atoms with van der Waals surface area (Å²) in [7, 11) is 1.48. The number of carbonyl (C=O) groups excluding carboxylic acids is 1. The molecule has 0 fully saturated rings. The van der Waals surface area contributed by atoms with Gasteiger partial charge in [0.05, 0.1) is 42.0 Å². The fourth-order valence-corrected chi connectivity index (χ4v) is 3.42. The van der Waals surface area contributed by atoms with Crippen molar-refractivity contribution in [3.05, 3.63) is 53.7 Å². The number of hydrogen-bond donors (Lipinski definition) is 2. The predicted molar refractivity (Wildman–Crippen MR) is 116 cm³/mol. The van der Waals surface area contributed by atoms with Crippen LogP contribution in [0, 0.1) is 13.8 Å². The molecule has 0 saturated carbocycles. The Labute approximate surface area is 183 Å². The van der Waals surface area contributed by atoms with Gasteiger partial charge in [0.25, 0.3) is 0 Å². The van der Waals surface area contributed by atoms with Crippen LogP contribution in [0.5, 0.6) is 5.75 Å². The van der Waals surface area contributed by atoms with Gasteiger partial charge in [0.15, 0.2) is 0 Å². The summed E-state index contributed by atoms with van der Waals surface area (Å²) in [6.45, 7) is 3.61. The molecule has 0 aliphatic rings. The van der Waals surface area contributed by atoms with Gasteiger partial charge in [-0.05, 0) is 32.0 Å². The van der Waals surface area contributed by atoms with Crippen LogP contribution in [-0.2, 0) is 11.3 Å². The van der Waals surface area contributed by atoms with Crippen LogP contribution in [0.3, 0.4) is 0 Å². The smallest absolute Gasteiger partial charge is 0.409 e. The van der Waals surface area contributed by atoms with E-state index < -0.39 is 12.0 Å². The second-order valence-corrected chi connectivity index (χ2v) is 6.90. The molecule has 0 aliphatic heterocycles. The normalized spacial score (nSPS) is 10.6. The molecule has 0 atom stereocenters. The van der Waals surface area contributed by atoms with Gasteiger partial charge in [-0.3, -0.25) is 15.1 Å². The van der Waals surface area contributed by atoms with Crippen molar-refractivity contribution in [1.82, 2.24) is 10.1 Å². The number of aryl methyl sites for hydroxylation is 2. The fourth-order valence-electron chi connectivity index (χ4n) is 3.27. The number of aromatic nitrogens is 2. The third-order valence-corrected chi connectivity index (χ3v) is 4.84. The van der Waals surface area contributed by atoms with Crippen LogP contribution in [0.4, 0.5) is 16.2 Å². The lowest BCUT2D eigenvalue weighted by atomic mass is 10.0. The molecule has 2 aromatic heterocycles. The summed E-state index contributed by atoms with van der Waals surface area (Å²) in [6.07, 6.45) is 0.322. The first kappa shape index (κ1) is 22.1. The van der Waals surface area contributed by atoms with Gasteiger partial charge in [0.2, 0.25) is 5.91 Å². The van der Waals surface area contributed by atoms with E-state index in [9.17, 15) is 14.7 Å². The van der Waals surface area contributed by atoms with E-state index in [-0.39, 0.29) is 23.8 Å². The maximum absolute atomic E-state index is 12.7. The summed E-state index contributed by atoms with van der Waals surface area (Å²) >= 11 is 5.85. The highest BCUT2D eigenvalue weighted by molar-refractivity contribution is 6.29. The molecule has 0 radical (unpaired) electrons. The molecule has 2 amide bonds. The van der Waals surface area contributed by atoms with Gasteiger partial charge in [-0.15, -0.1) is 11.6 Å². The number of ether oxygens (including phenoxy) is 1. The van der Waals surface area contributed by atoms with Crippen LogP contribution in [0.25, 0.3) is 11.1 Å². The Hall–Kier alpha value is -3.59. The van der Waals surface area contributed by atoms with E-state index in [0.29, 0.717) is 34.0 Å². The molecule has 0 unspecified atom stereocenters. The molecule has 31 heavy (non-hydrogen) atoms. The number of carboxylic acid groups (broad SMARTS) is 1. The summed E-state index contributed by atoms with van der Waals surface area (Å²) in [4.78, 5) is 29.8. The van der Waals surface area contributed by atoms with Crippen molar-refractivity contribution in [2.75, 3.05) is 23.2 Å². The van der Waals surface area contributed by atoms with E-state index in [1.165, 1.54) is 12.0 Å². The lowest BCUT2D eigenvalue weighted by Crippen LogP contribution is -2.32. The van der Waals surface area contributed by atoms with Crippen molar-refractivity contribution in [1.29, 1.82) is 0 Å². The average Bonchev–Trinajstić information content (AvgIpc) is 3.09. The Morgan fingerprint density at radius 1 is 1.29 bits per heavy atom. The highest BCUT2D eigenvalue weighted by Crippen LogP contribution is 2.42. The second-order valence-electron chi connectivity index (χ2n) is 6.63. The zero-order valence-corrected chi connectivity index (χ0v) is 17.9. The Morgan fingerprint density at radius 3 is 2.61 bits per heavy atom. The van der Waals surface area contributed by atoms with Crippen molar-refractivity contribution < 1.29 is 24.0 Å². The van der Waals surface area contributed by atoms with E-state index in [1.54, 1.807) is 50.4 Å². The lowest BCUT2D eigenvalue weighted by Gasteiger charge is -2.26. The number of methoxy groups -OCH3 is 1. The van der Waals surface area contributed by atoms with Gasteiger partial charge in [-0.25, -0.2) is 4.79 Å². The molecule has 0 bridgehead atoms. The summed E-state index contributed by atoms with van der Waals surface area (Å²) in [5, 5.41) is 15.7. The topological polar surface area (TPSA) is 118 Å². The maximum Gasteiger partial charge on any atom is 0.409 e. The number of anilines is 2. The number of rotatable bonds is 7. The van der Waals surface area contributed by atoms with Crippen LogP contribution >= 0.6 is 11.6 Å². The van der Waals surface area contributed by atoms with E-state index in [0.717, 1.165) is 0 Å². The standard InChI is InChI=1S/C21H21ClN4O5/c1-12-20(13(2)31-25-12)15-8-16(24-21(28)29)17(9-18(15)30-3)26(19(27)10-22)11-14-6-4-5-7-23-14/h4-9,24H,10-11H2,1-3H3,(H,28,29). The molecular weight excluding hydrogens is 424 g/mol. The van der Waals surface area contributed by atoms with Crippen LogP contribution in [0.15, 0.2) is 41.1 Å². The SMILES string of the molecule is COc1cc(N(Cc2ccccn2)C(=O)CCl)c(NC(=O)O)cc1-c1c(C)noc1C. The summed E-state index contributed by atoms with van der Waals surface area (Å²) in [5.41, 5.74) is 2.94. The average molecular weight is 445 g/mol. The second kappa shape index (κ2) is 9.48. The molecule has 3 aromatic rings. The van der Waals surface area contributed by atoms with Crippen molar-refractivity contribution in [3.63, 3.8) is 0 Å². The molecule has 2 heterocycles. The molecule has 162 valence electrons. The summed E-state index contributed by atoms with van der Waals surface area (Å²) in [5.74, 6) is 0.237. The number of halogens is 1. The first-order valence-electron chi connectivity index (χ1n) is 9.27. The number of alkyl halides is 1. The molecule has 10 heteroatoms. The number of nitrogens with zero attached hydrogens (tertiary/aromatic N) is 3. The monoisotopic (exact) mass is 444 g/mol. The predicted octanol–water partition coefficient (Wildman–Crippen LogP) is 4.22. The highest BCUT2D eigenvalue weighted by Gasteiger charge is 2.25. The van der Waals surface area contributed by atoms with E-state index in [1.807, 2.05) is 0 Å². The Bertz CT molecular complexity index is 1080. The number of hydrogen-bond acceptors (Lipinski definition) is 6. The largest absolute Gasteiger partial charge is 0.496 e. The molecule has 0 aliphatic carbocycles. The van der Waals surface area contributed by atoms with Crippen molar-refractivity contribution >= 4 is 35.0 Å². The molecule has 0 saturated heterocycles. The molecule has 3 rings (SSSR count). The number of pyridine rings is 1. The minimum Gasteiger partial charge on any atom is -0.496 e. The minimum absolute atomic E-state index is 0.0918. The van der Waals surface area contributed by atoms with Gasteiger partial charge < -0.3 is 19.3 Å². The summed E-state index contributed by atoms with van der Waals surface area (Å²) in [6, 6.07) is 8.48. The summed E-state index contributed by atoms with van der Waals surface area (Å²) < 4.78 is 10.8. The van der Waals surface area contributed by atoms with Crippen LogP contribution in [-0.4, -0.2) is 40.2 Å². The van der Waals surface area contributed by atoms with Gasteiger partial charge in [0.1, 0.15) is 17.4 Å². The molecular formula is C21H21ClN4O5. The zero-order chi connectivity index (χ0) is 22.5. The maximum atomic E-state index is 12.7. The molecule has 1 aromatic carbocycles. The van der Waals surface area contributed by atoms with Crippen molar-refractivity contribution in [2.24, 2.45) is 0 Å². The Balaban J connectivity index is 2.20. The van der Waals surface area contributed by atoms with Gasteiger partial charge in [-0.1, -0.05) is 11.2 Å². The first-order valence-corrected chi connectivity index (χ1v) is 9.80. The van der Waals surface area contributed by atoms with Crippen LogP contribution in [0.1, 0.15) is 17.1 Å². The number of nitrogens with one attached hydrogen (secondary N) is 1. The number of amides is 2. The van der Waals surface area contributed by atoms with Crippen molar-refractivity contribution in [2.45, 2.75) is 20.4 Å². The fraction of sp³-hybridized carbons (Fsp3) is 0.238. The minimum atomic E-state index is -1.28. The zero-order valence-electron chi connectivity index (χ0n) is 17.2. The van der Waals surface area contributed by atoms with E-state index >= 15 is 0 Å². The highest BCUT2D eigenvalue weighted by atomic mass is 35.5. The molecule has 0 spiro atoms. The molecule has 2 N–H and O–H groups in total. The number of benzene rings is 1. The van der Waals surface area contributed by atoms with Gasteiger partial charge in [0, 0.05) is 17.8 Å². The lowest BCUT2D eigenvalue weighted by molar-refractivity contribution is -0.116. The quantitative estimate of drug-likeness (QED) is 0.523. The Kier molecular flexibility index (Phi) is 6.76. The van der Waals surface area contributed by atoms with Crippen LogP contribution in [0.2, 0.25) is 0 Å².